The van der Waals surface area contributed by atoms with Gasteiger partial charge in [0.05, 0.1) is 0 Å². The first kappa shape index (κ1) is 8.41. The molecular weight excluding hydrogens is 146 g/mol. The van der Waals surface area contributed by atoms with Gasteiger partial charge in [-0.1, -0.05) is 6.58 Å². The summed E-state index contributed by atoms with van der Waals surface area (Å²) in [6.07, 6.45) is 0. The molecule has 54 valence electrons. The van der Waals surface area contributed by atoms with Crippen LogP contribution in [0, 0.1) is 0 Å². The van der Waals surface area contributed by atoms with Crippen LogP contribution < -0.4 is 5.14 Å². The standard InChI is InChI=1S/C3H7NO4S/c1-3(5)2-8-9(4,6)7/h5H,1-2H2,(H2,4,6,7). The van der Waals surface area contributed by atoms with E-state index in [0.29, 0.717) is 0 Å². The van der Waals surface area contributed by atoms with Crippen LogP contribution >= 0.6 is 0 Å². The topological polar surface area (TPSA) is 89.6 Å². The smallest absolute Gasteiger partial charge is 0.333 e. The summed E-state index contributed by atoms with van der Waals surface area (Å²) < 4.78 is 23.8. The molecule has 0 spiro atoms. The van der Waals surface area contributed by atoms with Crippen LogP contribution in [-0.2, 0) is 14.5 Å². The van der Waals surface area contributed by atoms with Crippen LogP contribution in [0.1, 0.15) is 0 Å². The molecule has 0 aliphatic rings. The molecular formula is C3H7NO4S. The third-order valence-corrected chi connectivity index (χ3v) is 0.836. The van der Waals surface area contributed by atoms with Gasteiger partial charge in [0.15, 0.2) is 0 Å². The van der Waals surface area contributed by atoms with Crippen molar-refractivity contribution in [2.24, 2.45) is 5.14 Å². The van der Waals surface area contributed by atoms with E-state index in [2.05, 4.69) is 15.9 Å². The van der Waals surface area contributed by atoms with Crippen LogP contribution in [0.5, 0.6) is 0 Å². The summed E-state index contributed by atoms with van der Waals surface area (Å²) in [5.74, 6) is -0.385. The zero-order chi connectivity index (χ0) is 7.49. The molecule has 0 unspecified atom stereocenters. The lowest BCUT2D eigenvalue weighted by Gasteiger charge is -1.96. The van der Waals surface area contributed by atoms with Crippen molar-refractivity contribution in [2.45, 2.75) is 0 Å². The van der Waals surface area contributed by atoms with Crippen LogP contribution in [0.15, 0.2) is 12.3 Å². The number of nitrogens with two attached hydrogens (primary N) is 1. The Morgan fingerprint density at radius 3 is 2.33 bits per heavy atom. The Hall–Kier alpha value is -0.590. The van der Waals surface area contributed by atoms with Crippen LogP contribution in [0.3, 0.4) is 0 Å². The molecule has 0 heterocycles. The van der Waals surface area contributed by atoms with Crippen molar-refractivity contribution in [2.75, 3.05) is 6.61 Å². The second-order valence-corrected chi connectivity index (χ2v) is 2.54. The van der Waals surface area contributed by atoms with Crippen molar-refractivity contribution in [3.8, 4) is 0 Å². The molecule has 0 aromatic rings. The number of hydrogen-bond donors (Lipinski definition) is 2. The summed E-state index contributed by atoms with van der Waals surface area (Å²) in [5.41, 5.74) is 0. The minimum absolute atomic E-state index is 0.385. The molecule has 0 radical (unpaired) electrons. The molecule has 0 saturated carbocycles. The van der Waals surface area contributed by atoms with Gasteiger partial charge in [0, 0.05) is 0 Å². The molecule has 6 heteroatoms. The van der Waals surface area contributed by atoms with Crippen LogP contribution in [0.2, 0.25) is 0 Å². The monoisotopic (exact) mass is 153 g/mol. The normalized spacial score (nSPS) is 11.2. The molecule has 0 saturated heterocycles. The quantitative estimate of drug-likeness (QED) is 0.523. The Bertz CT molecular complexity index is 194. The molecule has 0 rings (SSSR count). The molecule has 0 bridgehead atoms. The summed E-state index contributed by atoms with van der Waals surface area (Å²) in [5, 5.41) is 12.7. The van der Waals surface area contributed by atoms with Crippen molar-refractivity contribution >= 4 is 10.3 Å². The van der Waals surface area contributed by atoms with E-state index in [4.69, 9.17) is 5.11 Å². The van der Waals surface area contributed by atoms with Gasteiger partial charge in [-0.15, -0.1) is 0 Å². The molecule has 0 amide bonds. The van der Waals surface area contributed by atoms with Crippen LogP contribution in [0.4, 0.5) is 0 Å². The van der Waals surface area contributed by atoms with E-state index in [1.165, 1.54) is 0 Å². The highest BCUT2D eigenvalue weighted by molar-refractivity contribution is 7.84. The molecule has 0 aliphatic heterocycles. The van der Waals surface area contributed by atoms with Gasteiger partial charge in [0.2, 0.25) is 0 Å². The summed E-state index contributed by atoms with van der Waals surface area (Å²) in [6.45, 7) is 2.48. The Morgan fingerprint density at radius 2 is 2.22 bits per heavy atom. The van der Waals surface area contributed by atoms with Gasteiger partial charge in [-0.2, -0.15) is 8.42 Å². The Labute approximate surface area is 53.0 Å². The number of hydrogen-bond acceptors (Lipinski definition) is 4. The van der Waals surface area contributed by atoms with Gasteiger partial charge < -0.3 is 5.11 Å². The number of aliphatic hydroxyl groups is 1. The van der Waals surface area contributed by atoms with E-state index in [-0.39, 0.29) is 5.76 Å². The maximum Gasteiger partial charge on any atom is 0.333 e. The van der Waals surface area contributed by atoms with Crippen molar-refractivity contribution in [1.82, 2.24) is 0 Å². The van der Waals surface area contributed by atoms with E-state index < -0.39 is 16.9 Å². The van der Waals surface area contributed by atoms with Gasteiger partial charge in [0.1, 0.15) is 12.4 Å². The summed E-state index contributed by atoms with van der Waals surface area (Å²) in [7, 11) is -3.94. The zero-order valence-corrected chi connectivity index (χ0v) is 5.39. The maximum atomic E-state index is 9.94. The minimum atomic E-state index is -3.94. The first-order valence-electron chi connectivity index (χ1n) is 1.96. The zero-order valence-electron chi connectivity index (χ0n) is 4.57. The van der Waals surface area contributed by atoms with Crippen molar-refractivity contribution in [1.29, 1.82) is 0 Å². The molecule has 5 nitrogen and oxygen atoms in total. The highest BCUT2D eigenvalue weighted by Crippen LogP contribution is 1.87. The molecule has 3 N–H and O–H groups in total. The van der Waals surface area contributed by atoms with Crippen molar-refractivity contribution in [3.05, 3.63) is 12.3 Å². The average Bonchev–Trinajstić information content (AvgIpc) is 1.59. The molecule has 0 aromatic heterocycles. The van der Waals surface area contributed by atoms with Gasteiger partial charge in [0.25, 0.3) is 0 Å². The highest BCUT2D eigenvalue weighted by Gasteiger charge is 2.01. The van der Waals surface area contributed by atoms with E-state index >= 15 is 0 Å². The van der Waals surface area contributed by atoms with E-state index in [9.17, 15) is 8.42 Å². The fraction of sp³-hybridized carbons (Fsp3) is 0.333. The van der Waals surface area contributed by atoms with Gasteiger partial charge in [-0.05, 0) is 0 Å². The second kappa shape index (κ2) is 2.81. The largest absolute Gasteiger partial charge is 0.510 e. The third kappa shape index (κ3) is 7.41. The predicted molar refractivity (Wildman–Crippen MR) is 30.8 cm³/mol. The van der Waals surface area contributed by atoms with Crippen LogP contribution in [-0.4, -0.2) is 20.1 Å². The Morgan fingerprint density at radius 1 is 1.78 bits per heavy atom. The molecule has 9 heavy (non-hydrogen) atoms. The first-order chi connectivity index (χ1) is 3.92. The predicted octanol–water partition coefficient (Wildman–Crippen LogP) is -0.722. The third-order valence-electron chi connectivity index (χ3n) is 0.390. The summed E-state index contributed by atoms with van der Waals surface area (Å²) >= 11 is 0. The highest BCUT2D eigenvalue weighted by atomic mass is 32.2. The maximum absolute atomic E-state index is 9.94. The average molecular weight is 153 g/mol. The van der Waals surface area contributed by atoms with E-state index in [0.717, 1.165) is 0 Å². The second-order valence-electron chi connectivity index (χ2n) is 1.32. The minimum Gasteiger partial charge on any atom is -0.510 e. The first-order valence-corrected chi connectivity index (χ1v) is 3.43. The summed E-state index contributed by atoms with van der Waals surface area (Å²) in [4.78, 5) is 0. The fourth-order valence-electron chi connectivity index (χ4n) is 0.150. The van der Waals surface area contributed by atoms with Crippen molar-refractivity contribution in [3.63, 3.8) is 0 Å². The lowest BCUT2D eigenvalue weighted by molar-refractivity contribution is 0.275. The van der Waals surface area contributed by atoms with Crippen LogP contribution in [0.25, 0.3) is 0 Å². The lowest BCUT2D eigenvalue weighted by Crippen LogP contribution is -2.16. The Kier molecular flexibility index (Phi) is 2.63. The lowest BCUT2D eigenvalue weighted by atomic mass is 10.6. The summed E-state index contributed by atoms with van der Waals surface area (Å²) in [6, 6.07) is 0. The number of aliphatic hydroxyl groups excluding tert-OH is 1. The fourth-order valence-corrected chi connectivity index (χ4v) is 0.450. The van der Waals surface area contributed by atoms with E-state index in [1.807, 2.05) is 0 Å². The van der Waals surface area contributed by atoms with Gasteiger partial charge in [-0.25, -0.2) is 5.14 Å². The van der Waals surface area contributed by atoms with Gasteiger partial charge in [-0.3, -0.25) is 4.18 Å². The molecule has 0 atom stereocenters. The number of rotatable bonds is 3. The Balaban J connectivity index is 3.67. The SMILES string of the molecule is C=C(O)COS(N)(=O)=O. The van der Waals surface area contributed by atoms with E-state index in [1.54, 1.807) is 0 Å². The van der Waals surface area contributed by atoms with Gasteiger partial charge >= 0.3 is 10.3 Å². The molecule has 0 aromatic carbocycles. The van der Waals surface area contributed by atoms with Crippen molar-refractivity contribution < 1.29 is 17.7 Å². The molecule has 0 aliphatic carbocycles. The molecule has 0 fully saturated rings.